The average molecular weight is 504 g/mol. The second kappa shape index (κ2) is 9.39. The van der Waals surface area contributed by atoms with E-state index in [1.807, 2.05) is 30.3 Å². The Bertz CT molecular complexity index is 1510. The molecule has 4 aromatic rings. The molecule has 1 aliphatic rings. The van der Waals surface area contributed by atoms with Gasteiger partial charge < -0.3 is 24.5 Å². The van der Waals surface area contributed by atoms with Crippen LogP contribution in [-0.2, 0) is 16.1 Å². The Hall–Kier alpha value is -4.30. The highest BCUT2D eigenvalue weighted by molar-refractivity contribution is 6.46. The van der Waals surface area contributed by atoms with Crippen LogP contribution in [0.4, 0.5) is 0 Å². The van der Waals surface area contributed by atoms with Crippen molar-refractivity contribution in [2.24, 2.45) is 0 Å². The molecule has 0 radical (unpaired) electrons. The number of methoxy groups -OCH3 is 2. The molecule has 0 bridgehead atoms. The lowest BCUT2D eigenvalue weighted by atomic mass is 9.94. The monoisotopic (exact) mass is 503 g/mol. The van der Waals surface area contributed by atoms with E-state index in [2.05, 4.69) is 9.97 Å². The van der Waals surface area contributed by atoms with E-state index in [0.717, 1.165) is 16.5 Å². The van der Waals surface area contributed by atoms with Gasteiger partial charge in [0.05, 0.1) is 36.4 Å². The van der Waals surface area contributed by atoms with E-state index in [1.54, 1.807) is 24.7 Å². The number of amides is 1. The van der Waals surface area contributed by atoms with Gasteiger partial charge in [-0.15, -0.1) is 0 Å². The molecule has 2 N–H and O–H groups in total. The summed E-state index contributed by atoms with van der Waals surface area (Å²) in [6.07, 6.45) is 5.03. The summed E-state index contributed by atoms with van der Waals surface area (Å²) in [6.45, 7) is 0.125. The highest BCUT2D eigenvalue weighted by Gasteiger charge is 2.47. The predicted octanol–water partition coefficient (Wildman–Crippen LogP) is 4.86. The standard InChI is InChI=1S/C27H22ClN3O5/c1-35-21-11-19(28)22(36-2)10-17(21)25(32)23-24(18-13-30-20-8-4-3-7-16(18)20)31(27(34)26(23)33)14-15-6-5-9-29-12-15/h3-13,24,30,32H,14H2,1-2H3/b25-23+. The normalized spacial score (nSPS) is 17.1. The van der Waals surface area contributed by atoms with Crippen LogP contribution in [0, 0.1) is 0 Å². The Kier molecular flexibility index (Phi) is 6.12. The number of carbonyl (C=O) groups is 2. The number of carbonyl (C=O) groups excluding carboxylic acids is 2. The van der Waals surface area contributed by atoms with Gasteiger partial charge in [0.25, 0.3) is 11.7 Å². The van der Waals surface area contributed by atoms with Crippen molar-refractivity contribution < 1.29 is 24.2 Å². The first-order chi connectivity index (χ1) is 17.4. The fourth-order valence-electron chi connectivity index (χ4n) is 4.57. The zero-order chi connectivity index (χ0) is 25.4. The molecule has 1 fully saturated rings. The quantitative estimate of drug-likeness (QED) is 0.221. The first kappa shape index (κ1) is 23.4. The third-order valence-corrected chi connectivity index (χ3v) is 6.56. The molecular weight excluding hydrogens is 482 g/mol. The molecule has 0 aliphatic carbocycles. The van der Waals surface area contributed by atoms with Crippen molar-refractivity contribution in [2.45, 2.75) is 12.6 Å². The number of hydrogen-bond donors (Lipinski definition) is 2. The number of halogens is 1. The molecule has 8 nitrogen and oxygen atoms in total. The Morgan fingerprint density at radius 3 is 2.61 bits per heavy atom. The van der Waals surface area contributed by atoms with E-state index in [9.17, 15) is 14.7 Å². The van der Waals surface area contributed by atoms with Crippen molar-refractivity contribution >= 4 is 40.0 Å². The number of rotatable bonds is 6. The van der Waals surface area contributed by atoms with Crippen LogP contribution >= 0.6 is 11.6 Å². The number of pyridine rings is 1. The molecule has 2 aromatic carbocycles. The minimum absolute atomic E-state index is 0.0590. The van der Waals surface area contributed by atoms with E-state index in [4.69, 9.17) is 21.1 Å². The number of aliphatic hydroxyl groups excluding tert-OH is 1. The van der Waals surface area contributed by atoms with Gasteiger partial charge in [0.2, 0.25) is 0 Å². The van der Waals surface area contributed by atoms with Crippen LogP contribution in [0.5, 0.6) is 11.5 Å². The number of para-hydroxylation sites is 1. The number of fused-ring (bicyclic) bond motifs is 1. The minimum Gasteiger partial charge on any atom is -0.507 e. The summed E-state index contributed by atoms with van der Waals surface area (Å²) < 4.78 is 10.7. The topological polar surface area (TPSA) is 105 Å². The van der Waals surface area contributed by atoms with Crippen molar-refractivity contribution in [1.29, 1.82) is 0 Å². The zero-order valence-electron chi connectivity index (χ0n) is 19.5. The third-order valence-electron chi connectivity index (χ3n) is 6.26. The molecule has 0 saturated carbocycles. The number of likely N-dealkylation sites (tertiary alicyclic amines) is 1. The minimum atomic E-state index is -0.868. The van der Waals surface area contributed by atoms with Crippen molar-refractivity contribution in [2.75, 3.05) is 14.2 Å². The Balaban J connectivity index is 1.75. The Morgan fingerprint density at radius 1 is 1.11 bits per heavy atom. The van der Waals surface area contributed by atoms with Crippen molar-refractivity contribution in [3.63, 3.8) is 0 Å². The molecule has 1 amide bonds. The number of Topliss-reactive ketones (excluding diaryl/α,β-unsaturated/α-hetero) is 1. The largest absolute Gasteiger partial charge is 0.507 e. The summed E-state index contributed by atoms with van der Waals surface area (Å²) in [5.74, 6) is -1.40. The number of benzene rings is 2. The molecule has 1 aliphatic heterocycles. The molecule has 3 heterocycles. The molecule has 1 atom stereocenters. The van der Waals surface area contributed by atoms with Crippen LogP contribution in [0.2, 0.25) is 5.02 Å². The molecule has 5 rings (SSSR count). The van der Waals surface area contributed by atoms with E-state index in [0.29, 0.717) is 5.56 Å². The number of H-pyrrole nitrogens is 1. The van der Waals surface area contributed by atoms with E-state index >= 15 is 0 Å². The smallest absolute Gasteiger partial charge is 0.295 e. The van der Waals surface area contributed by atoms with Gasteiger partial charge in [-0.2, -0.15) is 0 Å². The Labute approximate surface area is 211 Å². The zero-order valence-corrected chi connectivity index (χ0v) is 20.2. The van der Waals surface area contributed by atoms with Crippen LogP contribution < -0.4 is 9.47 Å². The van der Waals surface area contributed by atoms with Crippen LogP contribution in [0.3, 0.4) is 0 Å². The highest BCUT2D eigenvalue weighted by atomic mass is 35.5. The van der Waals surface area contributed by atoms with Gasteiger partial charge in [-0.25, -0.2) is 0 Å². The maximum atomic E-state index is 13.5. The SMILES string of the molecule is COc1cc(/C(O)=C2\C(=O)C(=O)N(Cc3cccnc3)C2c2c[nH]c3ccccc23)c(OC)cc1Cl. The third kappa shape index (κ3) is 3.85. The van der Waals surface area contributed by atoms with Crippen molar-refractivity contribution in [1.82, 2.24) is 14.9 Å². The number of ketones is 1. The number of nitrogens with zero attached hydrogens (tertiary/aromatic N) is 2. The fourth-order valence-corrected chi connectivity index (χ4v) is 4.80. The molecule has 9 heteroatoms. The number of nitrogens with one attached hydrogen (secondary N) is 1. The summed E-state index contributed by atoms with van der Waals surface area (Å²) >= 11 is 6.24. The molecule has 36 heavy (non-hydrogen) atoms. The van der Waals surface area contributed by atoms with Crippen LogP contribution in [0.1, 0.15) is 22.7 Å². The molecule has 182 valence electrons. The summed E-state index contributed by atoms with van der Waals surface area (Å²) in [5, 5.41) is 12.6. The maximum absolute atomic E-state index is 13.5. The van der Waals surface area contributed by atoms with Crippen LogP contribution in [0.25, 0.3) is 16.7 Å². The number of ether oxygens (including phenoxy) is 2. The second-order valence-electron chi connectivity index (χ2n) is 8.26. The van der Waals surface area contributed by atoms with Crippen molar-refractivity contribution in [3.05, 3.63) is 94.4 Å². The molecule has 1 saturated heterocycles. The lowest BCUT2D eigenvalue weighted by Gasteiger charge is -2.25. The number of aromatic amines is 1. The summed E-state index contributed by atoms with van der Waals surface area (Å²) in [6, 6.07) is 13.3. The number of hydrogen-bond acceptors (Lipinski definition) is 6. The van der Waals surface area contributed by atoms with Gasteiger partial charge in [0.1, 0.15) is 17.3 Å². The Morgan fingerprint density at radius 2 is 1.89 bits per heavy atom. The van der Waals surface area contributed by atoms with Gasteiger partial charge in [-0.1, -0.05) is 35.9 Å². The van der Waals surface area contributed by atoms with Gasteiger partial charge in [-0.3, -0.25) is 14.6 Å². The molecule has 0 spiro atoms. The number of aromatic nitrogens is 2. The van der Waals surface area contributed by atoms with Gasteiger partial charge >= 0.3 is 0 Å². The van der Waals surface area contributed by atoms with Crippen molar-refractivity contribution in [3.8, 4) is 11.5 Å². The van der Waals surface area contributed by atoms with Gasteiger partial charge in [0, 0.05) is 47.7 Å². The molecule has 2 aromatic heterocycles. The van der Waals surface area contributed by atoms with E-state index in [1.165, 1.54) is 31.3 Å². The molecular formula is C27H22ClN3O5. The lowest BCUT2D eigenvalue weighted by Crippen LogP contribution is -2.29. The second-order valence-corrected chi connectivity index (χ2v) is 8.67. The average Bonchev–Trinajstić information content (AvgIpc) is 3.43. The van der Waals surface area contributed by atoms with E-state index < -0.39 is 17.7 Å². The molecule has 1 unspecified atom stereocenters. The first-order valence-corrected chi connectivity index (χ1v) is 11.5. The summed E-state index contributed by atoms with van der Waals surface area (Å²) in [5.41, 5.74) is 2.38. The van der Waals surface area contributed by atoms with Crippen LogP contribution in [-0.4, -0.2) is 45.9 Å². The van der Waals surface area contributed by atoms with Gasteiger partial charge in [0.15, 0.2) is 0 Å². The highest BCUT2D eigenvalue weighted by Crippen LogP contribution is 2.45. The number of aliphatic hydroxyl groups is 1. The van der Waals surface area contributed by atoms with Crippen LogP contribution in [0.15, 0.2) is 72.7 Å². The lowest BCUT2D eigenvalue weighted by molar-refractivity contribution is -0.140. The summed E-state index contributed by atoms with van der Waals surface area (Å²) in [4.78, 5) is 35.6. The maximum Gasteiger partial charge on any atom is 0.295 e. The van der Waals surface area contributed by atoms with Gasteiger partial charge in [-0.05, 0) is 23.8 Å². The van der Waals surface area contributed by atoms with E-state index in [-0.39, 0.29) is 40.0 Å². The summed E-state index contributed by atoms with van der Waals surface area (Å²) in [7, 11) is 2.86. The first-order valence-electron chi connectivity index (χ1n) is 11.1. The fraction of sp³-hybridized carbons (Fsp3) is 0.148. The predicted molar refractivity (Wildman–Crippen MR) is 135 cm³/mol.